The van der Waals surface area contributed by atoms with Crippen LogP contribution in [0.15, 0.2) is 24.3 Å². The molecule has 0 radical (unpaired) electrons. The number of rotatable bonds is 4. The van der Waals surface area contributed by atoms with E-state index in [1.165, 1.54) is 21.5 Å². The van der Waals surface area contributed by atoms with Crippen molar-refractivity contribution in [3.8, 4) is 0 Å². The first-order chi connectivity index (χ1) is 12.2. The first kappa shape index (κ1) is 16.8. The van der Waals surface area contributed by atoms with Crippen molar-refractivity contribution in [2.75, 3.05) is 31.9 Å². The third-order valence-corrected chi connectivity index (χ3v) is 7.04. The Kier molecular flexibility index (Phi) is 4.94. The molecule has 132 valence electrons. The molecule has 0 spiro atoms. The zero-order valence-corrected chi connectivity index (χ0v) is 15.7. The number of para-hydroxylation sites is 1. The van der Waals surface area contributed by atoms with Gasteiger partial charge in [0.25, 0.3) is 5.24 Å². The van der Waals surface area contributed by atoms with Gasteiger partial charge in [0, 0.05) is 44.3 Å². The molecule has 2 amide bonds. The number of amides is 2. The highest BCUT2D eigenvalue weighted by molar-refractivity contribution is 8.13. The van der Waals surface area contributed by atoms with Crippen molar-refractivity contribution in [1.29, 1.82) is 0 Å². The second-order valence-electron chi connectivity index (χ2n) is 6.53. The Hall–Kier alpha value is -1.60. The predicted octanol–water partition coefficient (Wildman–Crippen LogP) is 3.56. The van der Waals surface area contributed by atoms with Crippen molar-refractivity contribution in [3.63, 3.8) is 0 Å². The highest BCUT2D eigenvalue weighted by Crippen LogP contribution is 2.33. The maximum absolute atomic E-state index is 12.4. The molecule has 1 aromatic heterocycles. The van der Waals surface area contributed by atoms with E-state index in [0.29, 0.717) is 18.9 Å². The van der Waals surface area contributed by atoms with Crippen LogP contribution in [0.2, 0.25) is 0 Å². The third-order valence-electron chi connectivity index (χ3n) is 4.95. The molecular weight excluding hydrogens is 354 g/mol. The van der Waals surface area contributed by atoms with Crippen LogP contribution in [0.5, 0.6) is 0 Å². The van der Waals surface area contributed by atoms with Gasteiger partial charge in [-0.2, -0.15) is 0 Å². The summed E-state index contributed by atoms with van der Waals surface area (Å²) in [6.45, 7) is 2.92. The molecule has 2 saturated heterocycles. The summed E-state index contributed by atoms with van der Waals surface area (Å²) in [6.07, 6.45) is 2.40. The van der Waals surface area contributed by atoms with Crippen molar-refractivity contribution in [2.45, 2.75) is 25.2 Å². The number of piperidine rings is 1. The summed E-state index contributed by atoms with van der Waals surface area (Å²) in [5.41, 5.74) is 1.08. The smallest absolute Gasteiger partial charge is 0.281 e. The van der Waals surface area contributed by atoms with Crippen LogP contribution in [0.1, 0.15) is 30.2 Å². The number of likely N-dealkylation sites (tertiary alicyclic amines) is 1. The molecule has 4 rings (SSSR count). The van der Waals surface area contributed by atoms with Crippen LogP contribution < -0.4 is 0 Å². The number of nitrogens with zero attached hydrogens (tertiary/aromatic N) is 3. The zero-order chi connectivity index (χ0) is 17.2. The molecule has 2 fully saturated rings. The van der Waals surface area contributed by atoms with Gasteiger partial charge in [-0.25, -0.2) is 4.98 Å². The molecule has 0 aliphatic carbocycles. The van der Waals surface area contributed by atoms with Crippen molar-refractivity contribution in [2.24, 2.45) is 0 Å². The lowest BCUT2D eigenvalue weighted by Crippen LogP contribution is -2.39. The number of hydrogen-bond donors (Lipinski definition) is 0. The van der Waals surface area contributed by atoms with Crippen LogP contribution in [0.4, 0.5) is 4.79 Å². The van der Waals surface area contributed by atoms with Crippen LogP contribution in [0.3, 0.4) is 0 Å². The Bertz CT molecular complexity index is 750. The Morgan fingerprint density at radius 3 is 2.72 bits per heavy atom. The summed E-state index contributed by atoms with van der Waals surface area (Å²) in [6, 6.07) is 8.25. The van der Waals surface area contributed by atoms with Gasteiger partial charge in [-0.3, -0.25) is 9.59 Å². The highest BCUT2D eigenvalue weighted by atomic mass is 32.2. The van der Waals surface area contributed by atoms with Gasteiger partial charge in [-0.05, 0) is 25.0 Å². The van der Waals surface area contributed by atoms with E-state index in [1.807, 2.05) is 11.0 Å². The third kappa shape index (κ3) is 3.67. The van der Waals surface area contributed by atoms with Crippen LogP contribution in [0.25, 0.3) is 10.2 Å². The SMILES string of the molecule is O=C(CCN1CCSC1=O)N1CCC(c2nc3ccccc3s2)CC1. The molecule has 2 aliphatic rings. The summed E-state index contributed by atoms with van der Waals surface area (Å²) in [5.74, 6) is 1.48. The molecule has 3 heterocycles. The van der Waals surface area contributed by atoms with Crippen LogP contribution in [-0.2, 0) is 4.79 Å². The molecule has 0 unspecified atom stereocenters. The molecule has 2 aromatic rings. The van der Waals surface area contributed by atoms with Gasteiger partial charge in [-0.1, -0.05) is 23.9 Å². The second kappa shape index (κ2) is 7.33. The molecule has 2 aliphatic heterocycles. The first-order valence-corrected chi connectivity index (χ1v) is 10.6. The highest BCUT2D eigenvalue weighted by Gasteiger charge is 2.27. The largest absolute Gasteiger partial charge is 0.343 e. The first-order valence-electron chi connectivity index (χ1n) is 8.75. The summed E-state index contributed by atoms with van der Waals surface area (Å²) >= 11 is 3.13. The molecular formula is C18H21N3O2S2. The maximum atomic E-state index is 12.4. The summed E-state index contributed by atoms with van der Waals surface area (Å²) < 4.78 is 1.24. The van der Waals surface area contributed by atoms with E-state index in [2.05, 4.69) is 18.2 Å². The lowest BCUT2D eigenvalue weighted by Gasteiger charge is -2.31. The van der Waals surface area contributed by atoms with Crippen molar-refractivity contribution in [1.82, 2.24) is 14.8 Å². The second-order valence-corrected chi connectivity index (χ2v) is 8.63. The molecule has 5 nitrogen and oxygen atoms in total. The average Bonchev–Trinajstić information content (AvgIpc) is 3.25. The Labute approximate surface area is 155 Å². The van der Waals surface area contributed by atoms with E-state index in [4.69, 9.17) is 4.98 Å². The Morgan fingerprint density at radius 1 is 1.20 bits per heavy atom. The van der Waals surface area contributed by atoms with Crippen molar-refractivity contribution < 1.29 is 9.59 Å². The number of thioether (sulfide) groups is 1. The fourth-order valence-corrected chi connectivity index (χ4v) is 5.45. The van der Waals surface area contributed by atoms with Crippen molar-refractivity contribution in [3.05, 3.63) is 29.3 Å². The number of benzene rings is 1. The van der Waals surface area contributed by atoms with E-state index < -0.39 is 0 Å². The van der Waals surface area contributed by atoms with Gasteiger partial charge in [0.1, 0.15) is 0 Å². The van der Waals surface area contributed by atoms with Gasteiger partial charge < -0.3 is 9.80 Å². The van der Waals surface area contributed by atoms with Gasteiger partial charge in [0.15, 0.2) is 0 Å². The Morgan fingerprint density at radius 2 is 2.00 bits per heavy atom. The van der Waals surface area contributed by atoms with E-state index >= 15 is 0 Å². The van der Waals surface area contributed by atoms with Gasteiger partial charge in [-0.15, -0.1) is 11.3 Å². The van der Waals surface area contributed by atoms with Gasteiger partial charge in [0.2, 0.25) is 5.91 Å². The standard InChI is InChI=1S/C18H21N3O2S2/c22-16(7-10-21-11-12-24-18(21)23)20-8-5-13(6-9-20)17-19-14-3-1-2-4-15(14)25-17/h1-4,13H,5-12H2. The van der Waals surface area contributed by atoms with Crippen LogP contribution >= 0.6 is 23.1 Å². The maximum Gasteiger partial charge on any atom is 0.281 e. The molecule has 25 heavy (non-hydrogen) atoms. The van der Waals surface area contributed by atoms with E-state index in [1.54, 1.807) is 16.2 Å². The minimum atomic E-state index is 0.113. The van der Waals surface area contributed by atoms with Crippen LogP contribution in [-0.4, -0.2) is 57.9 Å². The predicted molar refractivity (Wildman–Crippen MR) is 102 cm³/mol. The fraction of sp³-hybridized carbons (Fsp3) is 0.500. The Balaban J connectivity index is 1.30. The quantitative estimate of drug-likeness (QED) is 0.820. The number of thiazole rings is 1. The number of carbonyl (C=O) groups is 2. The molecule has 0 saturated carbocycles. The van der Waals surface area contributed by atoms with Gasteiger partial charge in [0.05, 0.1) is 15.2 Å². The molecule has 0 N–H and O–H groups in total. The molecule has 1 aromatic carbocycles. The summed E-state index contributed by atoms with van der Waals surface area (Å²) in [4.78, 5) is 32.5. The molecule has 0 bridgehead atoms. The number of fused-ring (bicyclic) bond motifs is 1. The number of aromatic nitrogens is 1. The average molecular weight is 376 g/mol. The number of hydrogen-bond acceptors (Lipinski definition) is 5. The van der Waals surface area contributed by atoms with E-state index in [9.17, 15) is 9.59 Å². The zero-order valence-electron chi connectivity index (χ0n) is 14.0. The number of carbonyl (C=O) groups excluding carboxylic acids is 2. The van der Waals surface area contributed by atoms with Crippen molar-refractivity contribution >= 4 is 44.5 Å². The minimum Gasteiger partial charge on any atom is -0.343 e. The fourth-order valence-electron chi connectivity index (χ4n) is 3.46. The lowest BCUT2D eigenvalue weighted by molar-refractivity contribution is -0.132. The normalized spacial score (nSPS) is 19.1. The van der Waals surface area contributed by atoms with Crippen LogP contribution in [0, 0.1) is 0 Å². The molecule has 0 atom stereocenters. The lowest BCUT2D eigenvalue weighted by atomic mass is 9.97. The van der Waals surface area contributed by atoms with Gasteiger partial charge >= 0.3 is 0 Å². The summed E-state index contributed by atoms with van der Waals surface area (Å²) in [7, 11) is 0. The molecule has 7 heteroatoms. The van der Waals surface area contributed by atoms with E-state index in [-0.39, 0.29) is 11.1 Å². The van der Waals surface area contributed by atoms with E-state index in [0.717, 1.165) is 43.7 Å². The topological polar surface area (TPSA) is 53.5 Å². The monoisotopic (exact) mass is 375 g/mol. The summed E-state index contributed by atoms with van der Waals surface area (Å²) in [5, 5.41) is 1.32. The minimum absolute atomic E-state index is 0.113.